The van der Waals surface area contributed by atoms with Gasteiger partial charge in [-0.05, 0) is 67.8 Å². The van der Waals surface area contributed by atoms with Gasteiger partial charge in [0.1, 0.15) is 0 Å². The summed E-state index contributed by atoms with van der Waals surface area (Å²) >= 11 is 0. The van der Waals surface area contributed by atoms with Gasteiger partial charge in [0.05, 0.1) is 17.7 Å². The lowest BCUT2D eigenvalue weighted by molar-refractivity contribution is -0.0675. The molecule has 7 heteroatoms. The summed E-state index contributed by atoms with van der Waals surface area (Å²) in [6.07, 6.45) is 7.25. The number of hydrogen-bond donors (Lipinski definition) is 2. The van der Waals surface area contributed by atoms with Gasteiger partial charge in [-0.15, -0.1) is 0 Å². The molecule has 0 aliphatic carbocycles. The first-order valence-corrected chi connectivity index (χ1v) is 12.6. The van der Waals surface area contributed by atoms with Crippen molar-refractivity contribution in [3.63, 3.8) is 0 Å². The summed E-state index contributed by atoms with van der Waals surface area (Å²) in [5.41, 5.74) is 5.29. The van der Waals surface area contributed by atoms with Gasteiger partial charge in [0.15, 0.2) is 0 Å². The third-order valence-electron chi connectivity index (χ3n) is 6.57. The molecule has 1 aliphatic heterocycles. The van der Waals surface area contributed by atoms with Crippen LogP contribution in [0.1, 0.15) is 25.0 Å². The summed E-state index contributed by atoms with van der Waals surface area (Å²) in [6.45, 7) is 7.71. The molecule has 2 N–H and O–H groups in total. The SMILES string of the molecule is C[C@@H]1CN(CCc2cn(-c3ccc(NC(=O)NCc4cccnc4)cc3)c3ccccc23)C[C@H](C)O1. The van der Waals surface area contributed by atoms with Crippen LogP contribution in [0.3, 0.4) is 0 Å². The fourth-order valence-corrected chi connectivity index (χ4v) is 4.97. The number of carbonyl (C=O) groups is 1. The molecular weight excluding hydrogens is 450 g/mol. The topological polar surface area (TPSA) is 71.4 Å². The van der Waals surface area contributed by atoms with Crippen LogP contribution >= 0.6 is 0 Å². The van der Waals surface area contributed by atoms with Crippen molar-refractivity contribution in [2.75, 3.05) is 25.0 Å². The lowest BCUT2D eigenvalue weighted by atomic mass is 10.1. The summed E-state index contributed by atoms with van der Waals surface area (Å²) in [7, 11) is 0. The minimum atomic E-state index is -0.243. The van der Waals surface area contributed by atoms with Gasteiger partial charge in [-0.3, -0.25) is 9.88 Å². The molecule has 0 saturated carbocycles. The van der Waals surface area contributed by atoms with Gasteiger partial charge in [-0.1, -0.05) is 24.3 Å². The molecule has 2 aromatic heterocycles. The van der Waals surface area contributed by atoms with E-state index in [4.69, 9.17) is 4.74 Å². The highest BCUT2D eigenvalue weighted by atomic mass is 16.5. The van der Waals surface area contributed by atoms with Crippen LogP contribution in [0.4, 0.5) is 10.5 Å². The second kappa shape index (κ2) is 10.9. The van der Waals surface area contributed by atoms with Gasteiger partial charge in [0.2, 0.25) is 0 Å². The van der Waals surface area contributed by atoms with E-state index in [0.717, 1.165) is 43.0 Å². The average Bonchev–Trinajstić information content (AvgIpc) is 3.25. The summed E-state index contributed by atoms with van der Waals surface area (Å²) < 4.78 is 8.13. The highest BCUT2D eigenvalue weighted by Crippen LogP contribution is 2.26. The van der Waals surface area contributed by atoms with Gasteiger partial charge >= 0.3 is 6.03 Å². The minimum absolute atomic E-state index is 0.243. The number of nitrogens with one attached hydrogen (secondary N) is 2. The quantitative estimate of drug-likeness (QED) is 0.388. The molecule has 2 atom stereocenters. The normalized spacial score (nSPS) is 18.3. The van der Waals surface area contributed by atoms with Crippen molar-refractivity contribution in [3.8, 4) is 5.69 Å². The second-order valence-electron chi connectivity index (χ2n) is 9.52. The summed E-state index contributed by atoms with van der Waals surface area (Å²) in [5, 5.41) is 7.04. The van der Waals surface area contributed by atoms with Crippen LogP contribution in [0.25, 0.3) is 16.6 Å². The molecule has 7 nitrogen and oxygen atoms in total. The van der Waals surface area contributed by atoms with Crippen molar-refractivity contribution in [3.05, 3.63) is 90.4 Å². The Hall–Kier alpha value is -3.68. The second-order valence-corrected chi connectivity index (χ2v) is 9.52. The molecular formula is C29H33N5O2. The van der Waals surface area contributed by atoms with Gasteiger partial charge in [-0.25, -0.2) is 4.79 Å². The molecule has 0 radical (unpaired) electrons. The Morgan fingerprint density at radius 1 is 1.03 bits per heavy atom. The number of amides is 2. The molecule has 1 saturated heterocycles. The molecule has 1 fully saturated rings. The third-order valence-corrected chi connectivity index (χ3v) is 6.57. The Morgan fingerprint density at radius 3 is 2.56 bits per heavy atom. The minimum Gasteiger partial charge on any atom is -0.373 e. The Kier molecular flexibility index (Phi) is 7.30. The zero-order valence-corrected chi connectivity index (χ0v) is 20.9. The van der Waals surface area contributed by atoms with E-state index < -0.39 is 0 Å². The van der Waals surface area contributed by atoms with Crippen LogP contribution in [0.5, 0.6) is 0 Å². The van der Waals surface area contributed by atoms with Crippen LogP contribution < -0.4 is 10.6 Å². The van der Waals surface area contributed by atoms with Crippen LogP contribution in [-0.2, 0) is 17.7 Å². The van der Waals surface area contributed by atoms with Crippen LogP contribution in [0.15, 0.2) is 79.3 Å². The van der Waals surface area contributed by atoms with Crippen LogP contribution in [0, 0.1) is 0 Å². The zero-order valence-electron chi connectivity index (χ0n) is 20.9. The Labute approximate surface area is 212 Å². The standard InChI is InChI=1S/C29H33N5O2/c1-21-18-33(19-22(2)36-21)15-13-24-20-34(28-8-4-3-7-27(24)28)26-11-9-25(10-12-26)32-29(35)31-17-23-6-5-14-30-16-23/h3-12,14,16,20-22H,13,15,17-19H2,1-2H3,(H2,31,32,35)/t21-,22+. The summed E-state index contributed by atoms with van der Waals surface area (Å²) in [6, 6.07) is 20.0. The molecule has 1 aliphatic rings. The maximum absolute atomic E-state index is 12.3. The number of morpholine rings is 1. The molecule has 2 aromatic carbocycles. The highest BCUT2D eigenvalue weighted by Gasteiger charge is 2.22. The van der Waals surface area contributed by atoms with E-state index in [0.29, 0.717) is 6.54 Å². The lowest BCUT2D eigenvalue weighted by Gasteiger charge is -2.35. The maximum Gasteiger partial charge on any atom is 0.319 e. The van der Waals surface area contributed by atoms with Crippen LogP contribution in [0.2, 0.25) is 0 Å². The number of aromatic nitrogens is 2. The molecule has 4 aromatic rings. The Morgan fingerprint density at radius 2 is 1.81 bits per heavy atom. The number of urea groups is 1. The van der Waals surface area contributed by atoms with Crippen molar-refractivity contribution in [2.45, 2.75) is 39.0 Å². The third kappa shape index (κ3) is 5.75. The Balaban J connectivity index is 1.26. The molecule has 186 valence electrons. The number of pyridine rings is 1. The number of anilines is 1. The first-order chi connectivity index (χ1) is 17.5. The van der Waals surface area contributed by atoms with Crippen molar-refractivity contribution in [1.29, 1.82) is 0 Å². The molecule has 36 heavy (non-hydrogen) atoms. The van der Waals surface area contributed by atoms with Crippen molar-refractivity contribution in [2.24, 2.45) is 0 Å². The van der Waals surface area contributed by atoms with E-state index >= 15 is 0 Å². The monoisotopic (exact) mass is 483 g/mol. The summed E-state index contributed by atoms with van der Waals surface area (Å²) in [5.74, 6) is 0. The molecule has 3 heterocycles. The maximum atomic E-state index is 12.3. The van der Waals surface area contributed by atoms with E-state index in [9.17, 15) is 4.79 Å². The fraction of sp³-hybridized carbons (Fsp3) is 0.310. The molecule has 0 spiro atoms. The molecule has 2 amide bonds. The number of benzene rings is 2. The van der Waals surface area contributed by atoms with E-state index in [1.54, 1.807) is 12.4 Å². The Bertz CT molecular complexity index is 1290. The first-order valence-electron chi connectivity index (χ1n) is 12.6. The van der Waals surface area contributed by atoms with Crippen molar-refractivity contribution >= 4 is 22.6 Å². The molecule has 0 bridgehead atoms. The number of fused-ring (bicyclic) bond motifs is 1. The van der Waals surface area contributed by atoms with Gasteiger partial charge < -0.3 is 19.9 Å². The van der Waals surface area contributed by atoms with Crippen molar-refractivity contribution in [1.82, 2.24) is 19.8 Å². The van der Waals surface area contributed by atoms with E-state index in [-0.39, 0.29) is 18.2 Å². The van der Waals surface area contributed by atoms with Gasteiger partial charge in [-0.2, -0.15) is 0 Å². The number of hydrogen-bond acceptors (Lipinski definition) is 4. The predicted octanol–water partition coefficient (Wildman–Crippen LogP) is 5.00. The van der Waals surface area contributed by atoms with Gasteiger partial charge in [0, 0.05) is 61.5 Å². The summed E-state index contributed by atoms with van der Waals surface area (Å²) in [4.78, 5) is 18.9. The van der Waals surface area contributed by atoms with Crippen LogP contribution in [-0.4, -0.2) is 52.3 Å². The van der Waals surface area contributed by atoms with E-state index in [1.807, 2.05) is 36.4 Å². The van der Waals surface area contributed by atoms with Crippen molar-refractivity contribution < 1.29 is 9.53 Å². The molecule has 5 rings (SSSR count). The number of rotatable bonds is 7. The lowest BCUT2D eigenvalue weighted by Crippen LogP contribution is -2.46. The first kappa shape index (κ1) is 24.0. The number of para-hydroxylation sites is 1. The average molecular weight is 484 g/mol. The van der Waals surface area contributed by atoms with E-state index in [1.165, 1.54) is 16.5 Å². The number of ether oxygens (including phenoxy) is 1. The zero-order chi connectivity index (χ0) is 24.9. The van der Waals surface area contributed by atoms with Gasteiger partial charge in [0.25, 0.3) is 0 Å². The predicted molar refractivity (Wildman–Crippen MR) is 144 cm³/mol. The highest BCUT2D eigenvalue weighted by molar-refractivity contribution is 5.89. The molecule has 0 unspecified atom stereocenters. The smallest absolute Gasteiger partial charge is 0.319 e. The van der Waals surface area contributed by atoms with E-state index in [2.05, 4.69) is 69.4 Å². The fourth-order valence-electron chi connectivity index (χ4n) is 4.97. The number of carbonyl (C=O) groups excluding carboxylic acids is 1. The number of nitrogens with zero attached hydrogens (tertiary/aromatic N) is 3. The largest absolute Gasteiger partial charge is 0.373 e.